The quantitative estimate of drug-likeness (QED) is 0.472. The van der Waals surface area contributed by atoms with Gasteiger partial charge in [0.1, 0.15) is 0 Å². The van der Waals surface area contributed by atoms with E-state index in [1.807, 2.05) is 0 Å². The minimum Gasteiger partial charge on any atom is -0.0851 e. The van der Waals surface area contributed by atoms with Gasteiger partial charge in [0.15, 0.2) is 0 Å². The van der Waals surface area contributed by atoms with E-state index >= 15 is 0 Å². The molecule has 3 unspecified atom stereocenters. The zero-order chi connectivity index (χ0) is 10.2. The van der Waals surface area contributed by atoms with Crippen molar-refractivity contribution in [3.63, 3.8) is 0 Å². The van der Waals surface area contributed by atoms with Crippen LogP contribution in [0, 0.1) is 11.8 Å². The van der Waals surface area contributed by atoms with Gasteiger partial charge in [0.25, 0.3) is 0 Å². The lowest BCUT2D eigenvalue weighted by molar-refractivity contribution is 0.663. The second-order valence-electron chi connectivity index (χ2n) is 5.98. The molecule has 1 heteroatoms. The predicted octanol–water partition coefficient (Wildman–Crippen LogP) is 4.46. The molecule has 1 saturated carbocycles. The molecule has 0 amide bonds. The summed E-state index contributed by atoms with van der Waals surface area (Å²) in [7, 11) is -0.896. The van der Waals surface area contributed by atoms with E-state index in [0.717, 1.165) is 17.4 Å². The van der Waals surface area contributed by atoms with Gasteiger partial charge in [-0.2, -0.15) is 0 Å². The first-order valence-corrected chi connectivity index (χ1v) is 9.60. The molecule has 0 aromatic rings. The van der Waals surface area contributed by atoms with Crippen LogP contribution in [0.2, 0.25) is 24.7 Å². The average Bonchev–Trinajstić information content (AvgIpc) is 2.75. The van der Waals surface area contributed by atoms with E-state index in [1.54, 1.807) is 6.04 Å². The van der Waals surface area contributed by atoms with E-state index in [9.17, 15) is 0 Å². The molecule has 0 heterocycles. The number of fused-ring (bicyclic) bond motifs is 2. The molecule has 0 aliphatic heterocycles. The molecule has 0 N–H and O–H groups in total. The van der Waals surface area contributed by atoms with E-state index in [-0.39, 0.29) is 0 Å². The summed E-state index contributed by atoms with van der Waals surface area (Å²) in [5, 5.41) is 0. The minimum atomic E-state index is -0.896. The molecule has 0 aromatic heterocycles. The molecule has 0 radical (unpaired) electrons. The molecule has 2 aliphatic rings. The van der Waals surface area contributed by atoms with Gasteiger partial charge < -0.3 is 0 Å². The summed E-state index contributed by atoms with van der Waals surface area (Å²) in [5.41, 5.74) is 1.11. The standard InChI is InChI=1S/C13H24Si/c1-4-5-8-14(2,3)13-10-11-6-7-12(13)9-11/h6-7,11-13H,4-5,8-10H2,1-3H3. The van der Waals surface area contributed by atoms with Gasteiger partial charge in [0.05, 0.1) is 8.07 Å². The predicted molar refractivity (Wildman–Crippen MR) is 66.3 cm³/mol. The van der Waals surface area contributed by atoms with E-state index < -0.39 is 8.07 Å². The van der Waals surface area contributed by atoms with Crippen LogP contribution in [0.15, 0.2) is 12.2 Å². The van der Waals surface area contributed by atoms with E-state index in [2.05, 4.69) is 32.2 Å². The van der Waals surface area contributed by atoms with Gasteiger partial charge in [-0.1, -0.05) is 51.1 Å². The van der Waals surface area contributed by atoms with Crippen molar-refractivity contribution in [3.8, 4) is 0 Å². The monoisotopic (exact) mass is 208 g/mol. The summed E-state index contributed by atoms with van der Waals surface area (Å²) >= 11 is 0. The zero-order valence-electron chi connectivity index (χ0n) is 9.92. The zero-order valence-corrected chi connectivity index (χ0v) is 10.9. The molecule has 0 nitrogen and oxygen atoms in total. The molecule has 14 heavy (non-hydrogen) atoms. The van der Waals surface area contributed by atoms with Crippen LogP contribution in [-0.4, -0.2) is 8.07 Å². The van der Waals surface area contributed by atoms with Gasteiger partial charge in [-0.15, -0.1) is 0 Å². The Hall–Kier alpha value is -0.0431. The van der Waals surface area contributed by atoms with Crippen LogP contribution in [0.25, 0.3) is 0 Å². The van der Waals surface area contributed by atoms with Crippen molar-refractivity contribution in [2.45, 2.75) is 57.3 Å². The van der Waals surface area contributed by atoms with Crippen molar-refractivity contribution >= 4 is 8.07 Å². The molecule has 1 fully saturated rings. The fraction of sp³-hybridized carbons (Fsp3) is 0.846. The Labute approximate surface area is 89.8 Å². The number of hydrogen-bond acceptors (Lipinski definition) is 0. The molecule has 2 bridgehead atoms. The molecule has 80 valence electrons. The van der Waals surface area contributed by atoms with Crippen molar-refractivity contribution in [2.75, 3.05) is 0 Å². The van der Waals surface area contributed by atoms with E-state index in [1.165, 1.54) is 25.7 Å². The van der Waals surface area contributed by atoms with Gasteiger partial charge in [0.2, 0.25) is 0 Å². The van der Waals surface area contributed by atoms with Crippen LogP contribution in [0.1, 0.15) is 32.6 Å². The minimum absolute atomic E-state index is 0.896. The summed E-state index contributed by atoms with van der Waals surface area (Å²) in [5.74, 6) is 1.96. The smallest absolute Gasteiger partial charge is 0.0510 e. The maximum Gasteiger partial charge on any atom is 0.0510 e. The molecular weight excluding hydrogens is 184 g/mol. The number of hydrogen-bond donors (Lipinski definition) is 0. The highest BCUT2D eigenvalue weighted by atomic mass is 28.3. The van der Waals surface area contributed by atoms with Crippen LogP contribution in [0.4, 0.5) is 0 Å². The summed E-state index contributed by atoms with van der Waals surface area (Å²) in [4.78, 5) is 0. The second-order valence-corrected chi connectivity index (χ2v) is 11.2. The van der Waals surface area contributed by atoms with Crippen LogP contribution >= 0.6 is 0 Å². The van der Waals surface area contributed by atoms with Crippen molar-refractivity contribution in [1.29, 1.82) is 0 Å². The van der Waals surface area contributed by atoms with Crippen LogP contribution in [-0.2, 0) is 0 Å². The fourth-order valence-corrected chi connectivity index (χ4v) is 7.48. The Bertz CT molecular complexity index is 229. The Morgan fingerprint density at radius 3 is 2.50 bits per heavy atom. The lowest BCUT2D eigenvalue weighted by atomic mass is 10.1. The molecule has 0 aromatic carbocycles. The SMILES string of the molecule is CCCC[Si](C)(C)C1CC2C=CC1C2. The largest absolute Gasteiger partial charge is 0.0851 e. The third kappa shape index (κ3) is 1.84. The van der Waals surface area contributed by atoms with E-state index in [0.29, 0.717) is 0 Å². The van der Waals surface area contributed by atoms with Crippen molar-refractivity contribution in [1.82, 2.24) is 0 Å². The number of allylic oxidation sites excluding steroid dienone is 2. The first kappa shape index (κ1) is 10.5. The number of rotatable bonds is 4. The average molecular weight is 208 g/mol. The normalized spacial score (nSPS) is 35.5. The van der Waals surface area contributed by atoms with Crippen molar-refractivity contribution in [2.24, 2.45) is 11.8 Å². The summed E-state index contributed by atoms with van der Waals surface area (Å²) in [6, 6.07) is 1.56. The van der Waals surface area contributed by atoms with Crippen molar-refractivity contribution in [3.05, 3.63) is 12.2 Å². The van der Waals surface area contributed by atoms with Gasteiger partial charge in [-0.05, 0) is 30.2 Å². The molecule has 0 spiro atoms. The summed E-state index contributed by atoms with van der Waals surface area (Å²) in [6.45, 7) is 7.58. The first-order chi connectivity index (χ1) is 6.63. The van der Waals surface area contributed by atoms with Gasteiger partial charge in [-0.25, -0.2) is 0 Å². The maximum atomic E-state index is 2.63. The lowest BCUT2D eigenvalue weighted by Gasteiger charge is -2.34. The van der Waals surface area contributed by atoms with Crippen molar-refractivity contribution < 1.29 is 0 Å². The Morgan fingerprint density at radius 1 is 1.21 bits per heavy atom. The first-order valence-electron chi connectivity index (χ1n) is 6.32. The summed E-state index contributed by atoms with van der Waals surface area (Å²) in [6.07, 6.45) is 10.9. The second kappa shape index (κ2) is 3.84. The van der Waals surface area contributed by atoms with Gasteiger partial charge in [-0.3, -0.25) is 0 Å². The third-order valence-electron chi connectivity index (χ3n) is 4.46. The Morgan fingerprint density at radius 2 is 2.00 bits per heavy atom. The molecule has 2 rings (SSSR count). The molecular formula is C13H24Si. The Balaban J connectivity index is 1.97. The highest BCUT2D eigenvalue weighted by Gasteiger charge is 2.44. The van der Waals surface area contributed by atoms with Crippen LogP contribution in [0.5, 0.6) is 0 Å². The molecule has 2 aliphatic carbocycles. The van der Waals surface area contributed by atoms with Crippen LogP contribution in [0.3, 0.4) is 0 Å². The number of unbranched alkanes of at least 4 members (excludes halogenated alkanes) is 1. The summed E-state index contributed by atoms with van der Waals surface area (Å²) < 4.78 is 0. The van der Waals surface area contributed by atoms with Gasteiger partial charge >= 0.3 is 0 Å². The highest BCUT2D eigenvalue weighted by molar-refractivity contribution is 6.79. The van der Waals surface area contributed by atoms with E-state index in [4.69, 9.17) is 0 Å². The molecule has 3 atom stereocenters. The maximum absolute atomic E-state index is 2.63. The lowest BCUT2D eigenvalue weighted by Crippen LogP contribution is -2.34. The third-order valence-corrected chi connectivity index (χ3v) is 8.77. The fourth-order valence-electron chi connectivity index (χ4n) is 3.50. The molecule has 0 saturated heterocycles. The topological polar surface area (TPSA) is 0 Å². The van der Waals surface area contributed by atoms with Gasteiger partial charge in [0, 0.05) is 0 Å². The highest BCUT2D eigenvalue weighted by Crippen LogP contribution is 2.52. The van der Waals surface area contributed by atoms with Crippen LogP contribution < -0.4 is 0 Å². The Kier molecular flexibility index (Phi) is 2.87.